The summed E-state index contributed by atoms with van der Waals surface area (Å²) in [7, 11) is 0. The summed E-state index contributed by atoms with van der Waals surface area (Å²) in [5.74, 6) is 0.844. The first kappa shape index (κ1) is 41.8. The van der Waals surface area contributed by atoms with Crippen LogP contribution in [0.15, 0.2) is 194 Å². The van der Waals surface area contributed by atoms with E-state index in [4.69, 9.17) is 4.98 Å². The van der Waals surface area contributed by atoms with E-state index in [0.717, 1.165) is 84.9 Å². The molecule has 0 saturated carbocycles. The number of hydrogen-bond acceptors (Lipinski definition) is 4. The minimum Gasteiger partial charge on any atom is -0.357 e. The summed E-state index contributed by atoms with van der Waals surface area (Å²) in [5, 5.41) is 2.26. The minimum absolute atomic E-state index is 0. The van der Waals surface area contributed by atoms with Gasteiger partial charge in [-0.3, -0.25) is 0 Å². The van der Waals surface area contributed by atoms with Crippen LogP contribution in [0.3, 0.4) is 0 Å². The van der Waals surface area contributed by atoms with Gasteiger partial charge in [0.15, 0.2) is 0 Å². The van der Waals surface area contributed by atoms with Crippen molar-refractivity contribution in [2.75, 3.05) is 21.4 Å². The van der Waals surface area contributed by atoms with Crippen LogP contribution in [0, 0.1) is 26.0 Å². The molecule has 3 heterocycles. The van der Waals surface area contributed by atoms with E-state index >= 15 is 0 Å². The summed E-state index contributed by atoms with van der Waals surface area (Å²) in [6.45, 7) is 9.62. The maximum Gasteiger partial charge on any atom is 2.00 e. The molecule has 10 aromatic rings. The van der Waals surface area contributed by atoms with Gasteiger partial charge < -0.3 is 19.3 Å². The van der Waals surface area contributed by atoms with Crippen LogP contribution in [-0.4, -0.2) is 22.3 Å². The van der Waals surface area contributed by atoms with Crippen molar-refractivity contribution in [2.24, 2.45) is 0 Å². The average molecular weight is 1020 g/mol. The summed E-state index contributed by atoms with van der Waals surface area (Å²) in [6.07, 6.45) is 1.94. The van der Waals surface area contributed by atoms with Crippen molar-refractivity contribution >= 4 is 55.9 Å². The van der Waals surface area contributed by atoms with E-state index in [1.54, 1.807) is 0 Å². The summed E-state index contributed by atoms with van der Waals surface area (Å²) in [5.41, 5.74) is 17.6. The number of fused-ring (bicyclic) bond motifs is 4. The molecule has 0 fully saturated rings. The van der Waals surface area contributed by atoms with Gasteiger partial charge in [-0.15, -0.1) is 35.7 Å². The number of para-hydroxylation sites is 4. The van der Waals surface area contributed by atoms with Crippen molar-refractivity contribution in [3.8, 4) is 39.2 Å². The molecule has 5 nitrogen and oxygen atoms in total. The normalized spacial score (nSPS) is 12.2. The van der Waals surface area contributed by atoms with Crippen LogP contribution in [0.4, 0.5) is 34.1 Å². The first-order valence-electron chi connectivity index (χ1n) is 22.1. The Morgan fingerprint density at radius 1 is 0.554 bits per heavy atom. The standard InChI is InChI=1S/C59H47N5.Pt/c1-40(2)61-39-62(55-31-14-13-30-54(55)61)46-24-16-25-47(37-46)63(59-49(43-20-7-5-8-21-43)27-17-28-50(59)44-22-9-6-10-23-44)48-32-33-52-51-26-11-12-29-53(51)64(56(52)38-48)57-36-45(34-35-60-57)58-41(3)18-15-19-42(58)4;/h5-36,40H,39H2,1-4H3;/q-2;+2. The second-order valence-electron chi connectivity index (χ2n) is 16.9. The molecular formula is C59H47N5Pt. The van der Waals surface area contributed by atoms with Crippen LogP contribution in [-0.2, 0) is 21.1 Å². The average Bonchev–Trinajstić information content (AvgIpc) is 3.89. The summed E-state index contributed by atoms with van der Waals surface area (Å²) < 4.78 is 2.28. The van der Waals surface area contributed by atoms with Gasteiger partial charge in [0.25, 0.3) is 0 Å². The molecule has 2 aromatic heterocycles. The van der Waals surface area contributed by atoms with Gasteiger partial charge in [-0.2, -0.15) is 12.1 Å². The van der Waals surface area contributed by atoms with Gasteiger partial charge in [0, 0.05) is 28.9 Å². The van der Waals surface area contributed by atoms with E-state index < -0.39 is 0 Å². The zero-order chi connectivity index (χ0) is 43.3. The largest absolute Gasteiger partial charge is 2.00 e. The molecule has 6 heteroatoms. The van der Waals surface area contributed by atoms with Gasteiger partial charge in [-0.05, 0) is 96.8 Å². The monoisotopic (exact) mass is 1020 g/mol. The second kappa shape index (κ2) is 17.4. The fraction of sp³-hybridized carbons (Fsp3) is 0.102. The Kier molecular flexibility index (Phi) is 11.2. The number of aromatic nitrogens is 2. The third-order valence-corrected chi connectivity index (χ3v) is 12.7. The fourth-order valence-corrected chi connectivity index (χ4v) is 9.69. The Hall–Kier alpha value is -7.20. The van der Waals surface area contributed by atoms with Crippen molar-refractivity contribution < 1.29 is 21.1 Å². The summed E-state index contributed by atoms with van der Waals surface area (Å²) in [4.78, 5) is 12.3. The molecule has 0 amide bonds. The Morgan fingerprint density at radius 2 is 1.17 bits per heavy atom. The molecule has 0 aliphatic carbocycles. The zero-order valence-corrected chi connectivity index (χ0v) is 39.1. The van der Waals surface area contributed by atoms with Crippen LogP contribution in [0.5, 0.6) is 0 Å². The number of pyridine rings is 1. The van der Waals surface area contributed by atoms with Crippen molar-refractivity contribution in [2.45, 2.75) is 33.7 Å². The maximum atomic E-state index is 5.07. The van der Waals surface area contributed by atoms with Crippen LogP contribution < -0.4 is 14.7 Å². The summed E-state index contributed by atoms with van der Waals surface area (Å²) >= 11 is 0. The SMILES string of the molecule is Cc1cccc(C)c1-c1ccnc(-n2c3[c-]c(N(c4[c-]c(N5CN(C(C)C)c6ccccc65)ccc4)c4c(-c5ccccc5)cccc4-c4ccccc4)ccc3c3ccccc32)c1.[Pt+2]. The van der Waals surface area contributed by atoms with Gasteiger partial charge >= 0.3 is 21.1 Å². The third kappa shape index (κ3) is 7.40. The van der Waals surface area contributed by atoms with E-state index in [-0.39, 0.29) is 21.1 Å². The van der Waals surface area contributed by atoms with E-state index in [1.807, 2.05) is 6.20 Å². The first-order chi connectivity index (χ1) is 31.4. The van der Waals surface area contributed by atoms with Gasteiger partial charge in [0.05, 0.1) is 23.7 Å². The molecule has 0 N–H and O–H groups in total. The quantitative estimate of drug-likeness (QED) is 0.135. The number of aryl methyl sites for hydroxylation is 2. The molecule has 1 aliphatic heterocycles. The minimum atomic E-state index is 0. The predicted octanol–water partition coefficient (Wildman–Crippen LogP) is 15.2. The number of anilines is 6. The van der Waals surface area contributed by atoms with Crippen LogP contribution >= 0.6 is 0 Å². The topological polar surface area (TPSA) is 27.5 Å². The van der Waals surface area contributed by atoms with Gasteiger partial charge in [0.2, 0.25) is 0 Å². The van der Waals surface area contributed by atoms with Gasteiger partial charge in [0.1, 0.15) is 5.82 Å². The van der Waals surface area contributed by atoms with Gasteiger partial charge in [-0.1, -0.05) is 150 Å². The molecule has 0 saturated heterocycles. The Balaban J connectivity index is 0.00000498. The molecule has 11 rings (SSSR count). The molecule has 0 unspecified atom stereocenters. The summed E-state index contributed by atoms with van der Waals surface area (Å²) in [6, 6.07) is 75.7. The number of rotatable bonds is 9. The number of hydrogen-bond donors (Lipinski definition) is 0. The van der Waals surface area contributed by atoms with Crippen molar-refractivity contribution in [1.82, 2.24) is 9.55 Å². The molecule has 65 heavy (non-hydrogen) atoms. The van der Waals surface area contributed by atoms with E-state index in [2.05, 4.69) is 247 Å². The Labute approximate surface area is 396 Å². The Morgan fingerprint density at radius 3 is 1.88 bits per heavy atom. The van der Waals surface area contributed by atoms with Crippen LogP contribution in [0.1, 0.15) is 25.0 Å². The second-order valence-corrected chi connectivity index (χ2v) is 16.9. The maximum absolute atomic E-state index is 5.07. The zero-order valence-electron chi connectivity index (χ0n) is 36.8. The fourth-order valence-electron chi connectivity index (χ4n) is 9.69. The van der Waals surface area contributed by atoms with Crippen LogP contribution in [0.2, 0.25) is 0 Å². The van der Waals surface area contributed by atoms with E-state index in [9.17, 15) is 0 Å². The molecule has 318 valence electrons. The molecule has 1 aliphatic rings. The predicted molar refractivity (Wildman–Crippen MR) is 268 cm³/mol. The van der Waals surface area contributed by atoms with Gasteiger partial charge in [-0.25, -0.2) is 4.98 Å². The Bertz CT molecular complexity index is 3260. The molecule has 0 radical (unpaired) electrons. The molecule has 0 bridgehead atoms. The van der Waals surface area contributed by atoms with E-state index in [1.165, 1.54) is 28.1 Å². The van der Waals surface area contributed by atoms with Crippen LogP contribution in [0.25, 0.3) is 61.0 Å². The smallest absolute Gasteiger partial charge is 0.357 e. The first-order valence-corrected chi connectivity index (χ1v) is 22.1. The molecule has 0 atom stereocenters. The molecular weight excluding hydrogens is 974 g/mol. The van der Waals surface area contributed by atoms with E-state index in [0.29, 0.717) is 6.04 Å². The van der Waals surface area contributed by atoms with Crippen molar-refractivity contribution in [3.63, 3.8) is 0 Å². The molecule has 0 spiro atoms. The number of nitrogens with zero attached hydrogens (tertiary/aromatic N) is 5. The third-order valence-electron chi connectivity index (χ3n) is 12.7. The molecule has 8 aromatic carbocycles. The van der Waals surface area contributed by atoms with Crippen molar-refractivity contribution in [1.29, 1.82) is 0 Å². The number of benzene rings is 8. The van der Waals surface area contributed by atoms with Crippen molar-refractivity contribution in [3.05, 3.63) is 218 Å².